The van der Waals surface area contributed by atoms with Gasteiger partial charge in [-0.2, -0.15) is 0 Å². The molecule has 0 aromatic carbocycles. The zero-order valence-corrected chi connectivity index (χ0v) is 7.82. The van der Waals surface area contributed by atoms with Crippen LogP contribution in [0.4, 0.5) is 0 Å². The molecule has 0 bridgehead atoms. The van der Waals surface area contributed by atoms with Crippen LogP contribution in [0.1, 0.15) is 19.8 Å². The number of allylic oxidation sites excluding steroid dienone is 3. The van der Waals surface area contributed by atoms with Crippen LogP contribution in [0.25, 0.3) is 0 Å². The minimum Gasteiger partial charge on any atom is -0.479 e. The van der Waals surface area contributed by atoms with Crippen molar-refractivity contribution in [2.45, 2.75) is 19.8 Å². The fourth-order valence-corrected chi connectivity index (χ4v) is 0.600. The van der Waals surface area contributed by atoms with Crippen LogP contribution in [0.5, 0.6) is 0 Å². The molecule has 13 heavy (non-hydrogen) atoms. The summed E-state index contributed by atoms with van der Waals surface area (Å²) in [6, 6.07) is 0. The van der Waals surface area contributed by atoms with Crippen LogP contribution >= 0.6 is 0 Å². The van der Waals surface area contributed by atoms with Crippen molar-refractivity contribution in [1.29, 1.82) is 0 Å². The molecule has 0 aromatic heterocycles. The van der Waals surface area contributed by atoms with Crippen molar-refractivity contribution >= 4 is 6.29 Å². The van der Waals surface area contributed by atoms with Crippen molar-refractivity contribution in [3.05, 3.63) is 23.7 Å². The molecule has 4 heteroatoms. The third-order valence-corrected chi connectivity index (χ3v) is 1.34. The van der Waals surface area contributed by atoms with Gasteiger partial charge in [0.2, 0.25) is 0 Å². The van der Waals surface area contributed by atoms with E-state index >= 15 is 0 Å². The molecule has 0 aromatic rings. The van der Waals surface area contributed by atoms with E-state index in [2.05, 4.69) is 6.92 Å². The highest BCUT2D eigenvalue weighted by Gasteiger charge is 1.89. The summed E-state index contributed by atoms with van der Waals surface area (Å²) in [5, 5.41) is 0. The van der Waals surface area contributed by atoms with E-state index in [-0.39, 0.29) is 11.6 Å². The Balaban J connectivity index is 3.81. The molecule has 0 saturated heterocycles. The van der Waals surface area contributed by atoms with Gasteiger partial charge in [0, 0.05) is 0 Å². The van der Waals surface area contributed by atoms with Crippen molar-refractivity contribution in [1.82, 2.24) is 0 Å². The van der Waals surface area contributed by atoms with Gasteiger partial charge in [-0.05, 0) is 18.6 Å². The van der Waals surface area contributed by atoms with Gasteiger partial charge in [-0.3, -0.25) is 4.79 Å². The van der Waals surface area contributed by atoms with Crippen molar-refractivity contribution in [3.63, 3.8) is 0 Å². The largest absolute Gasteiger partial charge is 0.479 e. The Labute approximate surface area is 78.2 Å². The van der Waals surface area contributed by atoms with Crippen LogP contribution in [-0.4, -0.2) is 12.9 Å². The first-order valence-electron chi connectivity index (χ1n) is 4.21. The zero-order valence-electron chi connectivity index (χ0n) is 7.82. The molecule has 0 aliphatic heterocycles. The van der Waals surface area contributed by atoms with Crippen LogP contribution in [0, 0.1) is 0 Å². The number of hydrogen-bond donors (Lipinski definition) is 2. The van der Waals surface area contributed by atoms with E-state index in [0.717, 1.165) is 12.8 Å². The number of hydrogen-bond acceptors (Lipinski definition) is 4. The number of rotatable bonds is 6. The molecular weight excluding hydrogens is 168 g/mol. The predicted molar refractivity (Wildman–Crippen MR) is 51.5 cm³/mol. The first kappa shape index (κ1) is 11.6. The lowest BCUT2D eigenvalue weighted by Gasteiger charge is -2.02. The summed E-state index contributed by atoms with van der Waals surface area (Å²) < 4.78 is 5.10. The fourth-order valence-electron chi connectivity index (χ4n) is 0.600. The van der Waals surface area contributed by atoms with Crippen molar-refractivity contribution in [3.8, 4) is 0 Å². The van der Waals surface area contributed by atoms with Gasteiger partial charge in [-0.25, -0.2) is 0 Å². The summed E-state index contributed by atoms with van der Waals surface area (Å²) in [6.45, 7) is 2.65. The Morgan fingerprint density at radius 1 is 1.38 bits per heavy atom. The second kappa shape index (κ2) is 7.21. The lowest BCUT2D eigenvalue weighted by Crippen LogP contribution is -2.04. The van der Waals surface area contributed by atoms with Gasteiger partial charge < -0.3 is 16.2 Å². The highest BCUT2D eigenvalue weighted by atomic mass is 16.5. The van der Waals surface area contributed by atoms with E-state index in [4.69, 9.17) is 16.2 Å². The van der Waals surface area contributed by atoms with E-state index in [1.807, 2.05) is 0 Å². The van der Waals surface area contributed by atoms with Gasteiger partial charge in [0.25, 0.3) is 0 Å². The number of ether oxygens (including phenoxy) is 1. The second-order valence-corrected chi connectivity index (χ2v) is 2.56. The van der Waals surface area contributed by atoms with Crippen LogP contribution in [0.15, 0.2) is 23.7 Å². The third kappa shape index (κ3) is 6.93. The Kier molecular flexibility index (Phi) is 6.41. The molecule has 0 spiro atoms. The molecule has 0 aliphatic rings. The Hall–Kier alpha value is -1.45. The van der Waals surface area contributed by atoms with E-state index in [9.17, 15) is 4.79 Å². The fraction of sp³-hybridized carbons (Fsp3) is 0.444. The topological polar surface area (TPSA) is 78.3 Å². The second-order valence-electron chi connectivity index (χ2n) is 2.56. The van der Waals surface area contributed by atoms with Crippen molar-refractivity contribution < 1.29 is 9.53 Å². The molecule has 0 atom stereocenters. The smallest absolute Gasteiger partial charge is 0.183 e. The maximum absolute atomic E-state index is 10.1. The number of nitrogens with two attached hydrogens (primary N) is 2. The average molecular weight is 184 g/mol. The Bertz CT molecular complexity index is 210. The highest BCUT2D eigenvalue weighted by Crippen LogP contribution is 1.94. The summed E-state index contributed by atoms with van der Waals surface area (Å²) in [6.07, 6.45) is 5.45. The zero-order chi connectivity index (χ0) is 10.1. The quantitative estimate of drug-likeness (QED) is 0.209. The van der Waals surface area contributed by atoms with Gasteiger partial charge in [-0.1, -0.05) is 13.3 Å². The number of aldehydes is 1. The van der Waals surface area contributed by atoms with E-state index in [0.29, 0.717) is 12.9 Å². The number of carbonyl (C=O) groups excluding carboxylic acids is 1. The first-order valence-corrected chi connectivity index (χ1v) is 4.21. The molecular formula is C9H16N2O2. The molecule has 0 heterocycles. The predicted octanol–water partition coefficient (Wildman–Crippen LogP) is 0.645. The summed E-state index contributed by atoms with van der Waals surface area (Å²) >= 11 is 0. The number of carbonyl (C=O) groups is 1. The summed E-state index contributed by atoms with van der Waals surface area (Å²) in [5.41, 5.74) is 10.8. The van der Waals surface area contributed by atoms with Gasteiger partial charge >= 0.3 is 0 Å². The lowest BCUT2D eigenvalue weighted by atomic mass is 10.4. The first-order chi connectivity index (χ1) is 6.20. The van der Waals surface area contributed by atoms with E-state index < -0.39 is 0 Å². The number of unbranched alkanes of at least 4 members (excludes halogenated alkanes) is 1. The maximum atomic E-state index is 10.1. The van der Waals surface area contributed by atoms with Gasteiger partial charge in [0.05, 0.1) is 12.3 Å². The van der Waals surface area contributed by atoms with Gasteiger partial charge in [0.15, 0.2) is 12.2 Å². The SMILES string of the molecule is CCCCO/C(N)=C/C=C(\N)C=O. The molecule has 0 saturated carbocycles. The molecule has 0 aliphatic carbocycles. The minimum atomic E-state index is 0.127. The molecule has 0 radical (unpaired) electrons. The van der Waals surface area contributed by atoms with Crippen LogP contribution in [-0.2, 0) is 9.53 Å². The van der Waals surface area contributed by atoms with Crippen molar-refractivity contribution in [2.24, 2.45) is 11.5 Å². The van der Waals surface area contributed by atoms with Gasteiger partial charge in [-0.15, -0.1) is 0 Å². The molecule has 0 fully saturated rings. The summed E-state index contributed by atoms with van der Waals surface area (Å²) in [7, 11) is 0. The molecule has 74 valence electrons. The normalized spacial score (nSPS) is 12.7. The average Bonchev–Trinajstić information content (AvgIpc) is 2.14. The molecule has 0 unspecified atom stereocenters. The third-order valence-electron chi connectivity index (χ3n) is 1.34. The molecule has 4 N–H and O–H groups in total. The summed E-state index contributed by atoms with van der Waals surface area (Å²) in [4.78, 5) is 10.1. The monoisotopic (exact) mass is 184 g/mol. The maximum Gasteiger partial charge on any atom is 0.183 e. The highest BCUT2D eigenvalue weighted by molar-refractivity contribution is 5.72. The van der Waals surface area contributed by atoms with E-state index in [1.54, 1.807) is 0 Å². The van der Waals surface area contributed by atoms with Gasteiger partial charge in [0.1, 0.15) is 0 Å². The van der Waals surface area contributed by atoms with Crippen LogP contribution in [0.3, 0.4) is 0 Å². The van der Waals surface area contributed by atoms with Crippen LogP contribution < -0.4 is 11.5 Å². The Morgan fingerprint density at radius 2 is 2.08 bits per heavy atom. The molecule has 0 amide bonds. The van der Waals surface area contributed by atoms with Crippen molar-refractivity contribution in [2.75, 3.05) is 6.61 Å². The minimum absolute atomic E-state index is 0.127. The standard InChI is InChI=1S/C9H16N2O2/c1-2-3-6-13-9(11)5-4-8(10)7-12/h4-5,7H,2-3,6,10-11H2,1H3/b8-4-,9-5+. The molecule has 4 nitrogen and oxygen atoms in total. The Morgan fingerprint density at radius 3 is 2.62 bits per heavy atom. The lowest BCUT2D eigenvalue weighted by molar-refractivity contribution is -0.104. The van der Waals surface area contributed by atoms with Crippen LogP contribution in [0.2, 0.25) is 0 Å². The molecule has 0 rings (SSSR count). The summed E-state index contributed by atoms with van der Waals surface area (Å²) in [5.74, 6) is 0.276. The van der Waals surface area contributed by atoms with E-state index in [1.165, 1.54) is 12.2 Å².